The first kappa shape index (κ1) is 12.9. The number of rotatable bonds is 3. The van der Waals surface area contributed by atoms with Crippen LogP contribution in [0.1, 0.15) is 38.5 Å². The second-order valence-electron chi connectivity index (χ2n) is 5.35. The Labute approximate surface area is 103 Å². The van der Waals surface area contributed by atoms with Gasteiger partial charge in [-0.25, -0.2) is 8.42 Å². The third kappa shape index (κ3) is 3.69. The molecule has 1 saturated carbocycles. The molecule has 0 aromatic rings. The highest BCUT2D eigenvalue weighted by molar-refractivity contribution is 7.91. The summed E-state index contributed by atoms with van der Waals surface area (Å²) in [6.07, 6.45) is 6.23. The van der Waals surface area contributed by atoms with Crippen LogP contribution in [0.5, 0.6) is 0 Å². The standard InChI is InChI=1S/C12H21NO3S/c14-12(11-4-2-1-3-5-11)13-8-10-6-7-17(15,16)9-10/h10-11H,1-9H2,(H,13,14)/t10-/m0/s1. The van der Waals surface area contributed by atoms with E-state index in [2.05, 4.69) is 5.32 Å². The minimum Gasteiger partial charge on any atom is -0.356 e. The van der Waals surface area contributed by atoms with E-state index in [1.165, 1.54) is 6.42 Å². The second kappa shape index (κ2) is 5.38. The van der Waals surface area contributed by atoms with Crippen molar-refractivity contribution in [3.8, 4) is 0 Å². The molecule has 1 amide bonds. The number of sulfone groups is 1. The summed E-state index contributed by atoms with van der Waals surface area (Å²) in [4.78, 5) is 11.9. The Bertz CT molecular complexity index is 371. The predicted molar refractivity (Wildman–Crippen MR) is 66.3 cm³/mol. The van der Waals surface area contributed by atoms with Gasteiger partial charge < -0.3 is 5.32 Å². The number of hydrogen-bond acceptors (Lipinski definition) is 3. The lowest BCUT2D eigenvalue weighted by Crippen LogP contribution is -2.35. The van der Waals surface area contributed by atoms with Crippen LogP contribution in [0.4, 0.5) is 0 Å². The molecule has 0 aromatic carbocycles. The normalized spacial score (nSPS) is 29.1. The first-order chi connectivity index (χ1) is 8.07. The average Bonchev–Trinajstić information content (AvgIpc) is 2.67. The largest absolute Gasteiger partial charge is 0.356 e. The maximum atomic E-state index is 11.9. The van der Waals surface area contributed by atoms with Crippen LogP contribution in [0.15, 0.2) is 0 Å². The molecular formula is C12H21NO3S. The number of carbonyl (C=O) groups is 1. The lowest BCUT2D eigenvalue weighted by molar-refractivity contribution is -0.126. The molecular weight excluding hydrogens is 238 g/mol. The van der Waals surface area contributed by atoms with Gasteiger partial charge >= 0.3 is 0 Å². The molecule has 1 aliphatic heterocycles. The third-order valence-corrected chi connectivity index (χ3v) is 5.70. The van der Waals surface area contributed by atoms with Gasteiger partial charge in [0.05, 0.1) is 11.5 Å². The molecule has 98 valence electrons. The maximum Gasteiger partial charge on any atom is 0.223 e. The highest BCUT2D eigenvalue weighted by Crippen LogP contribution is 2.24. The van der Waals surface area contributed by atoms with E-state index in [1.54, 1.807) is 0 Å². The summed E-state index contributed by atoms with van der Waals surface area (Å²) in [5.74, 6) is 0.970. The van der Waals surface area contributed by atoms with Gasteiger partial charge in [-0.1, -0.05) is 19.3 Å². The number of carbonyl (C=O) groups excluding carboxylic acids is 1. The first-order valence-electron chi connectivity index (χ1n) is 6.55. The molecule has 0 spiro atoms. The van der Waals surface area contributed by atoms with Crippen LogP contribution < -0.4 is 5.32 Å². The molecule has 1 aliphatic carbocycles. The Morgan fingerprint density at radius 3 is 2.41 bits per heavy atom. The van der Waals surface area contributed by atoms with Crippen molar-refractivity contribution < 1.29 is 13.2 Å². The van der Waals surface area contributed by atoms with Crippen LogP contribution in [0, 0.1) is 11.8 Å². The van der Waals surface area contributed by atoms with Crippen molar-refractivity contribution in [3.05, 3.63) is 0 Å². The maximum absolute atomic E-state index is 11.9. The van der Waals surface area contributed by atoms with E-state index in [-0.39, 0.29) is 29.2 Å². The van der Waals surface area contributed by atoms with Crippen LogP contribution in [0.25, 0.3) is 0 Å². The summed E-state index contributed by atoms with van der Waals surface area (Å²) in [7, 11) is -2.82. The Hall–Kier alpha value is -0.580. The van der Waals surface area contributed by atoms with Crippen LogP contribution in [0.2, 0.25) is 0 Å². The molecule has 0 radical (unpaired) electrons. The minimum atomic E-state index is -2.82. The molecule has 17 heavy (non-hydrogen) atoms. The molecule has 0 bridgehead atoms. The zero-order chi connectivity index (χ0) is 12.3. The summed E-state index contributed by atoms with van der Waals surface area (Å²) in [6, 6.07) is 0. The third-order valence-electron chi connectivity index (χ3n) is 3.87. The molecule has 5 heteroatoms. The van der Waals surface area contributed by atoms with Gasteiger partial charge in [-0.2, -0.15) is 0 Å². The minimum absolute atomic E-state index is 0.132. The fourth-order valence-corrected chi connectivity index (χ4v) is 4.65. The average molecular weight is 259 g/mol. The second-order valence-corrected chi connectivity index (χ2v) is 7.58. The SMILES string of the molecule is O=C(NC[C@@H]1CCS(=O)(=O)C1)C1CCCCC1. The van der Waals surface area contributed by atoms with Crippen molar-refractivity contribution in [2.75, 3.05) is 18.1 Å². The van der Waals surface area contributed by atoms with Crippen LogP contribution in [-0.2, 0) is 14.6 Å². The summed E-state index contributed by atoms with van der Waals surface area (Å²) in [6.45, 7) is 0.536. The van der Waals surface area contributed by atoms with Crippen LogP contribution in [0.3, 0.4) is 0 Å². The quantitative estimate of drug-likeness (QED) is 0.826. The Balaban J connectivity index is 1.73. The lowest BCUT2D eigenvalue weighted by Gasteiger charge is -2.21. The van der Waals surface area contributed by atoms with Gasteiger partial charge in [0, 0.05) is 12.5 Å². The molecule has 2 rings (SSSR count). The number of amides is 1. The highest BCUT2D eigenvalue weighted by Gasteiger charge is 2.29. The monoisotopic (exact) mass is 259 g/mol. The van der Waals surface area contributed by atoms with E-state index in [0.717, 1.165) is 25.7 Å². The van der Waals surface area contributed by atoms with E-state index in [0.29, 0.717) is 13.0 Å². The zero-order valence-corrected chi connectivity index (χ0v) is 11.0. The van der Waals surface area contributed by atoms with Gasteiger partial charge in [0.2, 0.25) is 5.91 Å². The van der Waals surface area contributed by atoms with Gasteiger partial charge in [0.1, 0.15) is 0 Å². The van der Waals surface area contributed by atoms with Gasteiger partial charge in [0.15, 0.2) is 9.84 Å². The van der Waals surface area contributed by atoms with Gasteiger partial charge in [-0.05, 0) is 25.2 Å². The molecule has 1 saturated heterocycles. The molecule has 1 heterocycles. The van der Waals surface area contributed by atoms with Crippen molar-refractivity contribution in [1.82, 2.24) is 5.32 Å². The van der Waals surface area contributed by atoms with Gasteiger partial charge in [0.25, 0.3) is 0 Å². The molecule has 0 unspecified atom stereocenters. The summed E-state index contributed by atoms with van der Waals surface area (Å²) < 4.78 is 22.5. The fraction of sp³-hybridized carbons (Fsp3) is 0.917. The van der Waals surface area contributed by atoms with E-state index < -0.39 is 9.84 Å². The fourth-order valence-electron chi connectivity index (χ4n) is 2.79. The first-order valence-corrected chi connectivity index (χ1v) is 8.37. The van der Waals surface area contributed by atoms with E-state index in [1.807, 2.05) is 0 Å². The van der Waals surface area contributed by atoms with E-state index in [4.69, 9.17) is 0 Å². The van der Waals surface area contributed by atoms with Crippen molar-refractivity contribution in [3.63, 3.8) is 0 Å². The molecule has 1 atom stereocenters. The van der Waals surface area contributed by atoms with Crippen molar-refractivity contribution >= 4 is 15.7 Å². The zero-order valence-electron chi connectivity index (χ0n) is 10.2. The molecule has 2 aliphatic rings. The van der Waals surface area contributed by atoms with Crippen molar-refractivity contribution in [1.29, 1.82) is 0 Å². The lowest BCUT2D eigenvalue weighted by atomic mass is 9.88. The summed E-state index contributed by atoms with van der Waals surface area (Å²) in [5, 5.41) is 2.93. The summed E-state index contributed by atoms with van der Waals surface area (Å²) in [5.41, 5.74) is 0. The Morgan fingerprint density at radius 2 is 1.82 bits per heavy atom. The Morgan fingerprint density at radius 1 is 1.12 bits per heavy atom. The molecule has 2 fully saturated rings. The van der Waals surface area contributed by atoms with Crippen LogP contribution in [-0.4, -0.2) is 32.4 Å². The van der Waals surface area contributed by atoms with E-state index in [9.17, 15) is 13.2 Å². The molecule has 4 nitrogen and oxygen atoms in total. The predicted octanol–water partition coefficient (Wildman–Crippen LogP) is 1.12. The van der Waals surface area contributed by atoms with Crippen molar-refractivity contribution in [2.45, 2.75) is 38.5 Å². The van der Waals surface area contributed by atoms with E-state index >= 15 is 0 Å². The van der Waals surface area contributed by atoms with Gasteiger partial charge in [-0.15, -0.1) is 0 Å². The highest BCUT2D eigenvalue weighted by atomic mass is 32.2. The molecule has 1 N–H and O–H groups in total. The topological polar surface area (TPSA) is 63.2 Å². The number of nitrogens with one attached hydrogen (secondary N) is 1. The van der Waals surface area contributed by atoms with Crippen LogP contribution >= 0.6 is 0 Å². The Kier molecular flexibility index (Phi) is 4.07. The smallest absolute Gasteiger partial charge is 0.223 e. The number of hydrogen-bond donors (Lipinski definition) is 1. The summed E-state index contributed by atoms with van der Waals surface area (Å²) >= 11 is 0. The van der Waals surface area contributed by atoms with Crippen molar-refractivity contribution in [2.24, 2.45) is 11.8 Å². The van der Waals surface area contributed by atoms with Gasteiger partial charge in [-0.3, -0.25) is 4.79 Å². The molecule has 0 aromatic heterocycles.